The maximum Gasteiger partial charge on any atom is 0.265 e. The van der Waals surface area contributed by atoms with Crippen LogP contribution in [0.4, 0.5) is 0 Å². The predicted molar refractivity (Wildman–Crippen MR) is 472 cm³/mol. The number of rotatable bonds is 32. The summed E-state index contributed by atoms with van der Waals surface area (Å²) in [6.45, 7) is 0. The number of para-hydroxylation sites is 1. The number of aromatic nitrogens is 2. The summed E-state index contributed by atoms with van der Waals surface area (Å²) < 4.78 is 2.60. The van der Waals surface area contributed by atoms with Crippen LogP contribution in [-0.2, 0) is 0 Å². The highest BCUT2D eigenvalue weighted by Crippen LogP contribution is 2.29. The van der Waals surface area contributed by atoms with Crippen molar-refractivity contribution in [3.63, 3.8) is 0 Å². The highest BCUT2D eigenvalue weighted by molar-refractivity contribution is 9.10. The van der Waals surface area contributed by atoms with E-state index in [2.05, 4.69) is 20.9 Å². The van der Waals surface area contributed by atoms with Gasteiger partial charge in [0.15, 0.2) is 0 Å². The van der Waals surface area contributed by atoms with Crippen LogP contribution in [-0.4, -0.2) is 477 Å². The molecule has 0 aliphatic carbocycles. The van der Waals surface area contributed by atoms with Crippen molar-refractivity contribution in [1.29, 1.82) is 0 Å². The molecule has 4 aromatic rings. The minimum atomic E-state index is -1.64. The lowest BCUT2D eigenvalue weighted by Gasteiger charge is -2.60. The van der Waals surface area contributed by atoms with E-state index in [1.807, 2.05) is 54.6 Å². The molecule has 4 rings (SSSR count). The molecule has 0 N–H and O–H groups in total. The lowest BCUT2D eigenvalue weighted by Crippen LogP contribution is -2.98. The fraction of sp³-hybridized carbons (Fsp3) is 0. The van der Waals surface area contributed by atoms with Crippen LogP contribution in [0.3, 0.4) is 0 Å². The van der Waals surface area contributed by atoms with Crippen molar-refractivity contribution in [3.8, 4) is 11.1 Å². The molecule has 0 amide bonds. The van der Waals surface area contributed by atoms with E-state index >= 15 is 0 Å². The smallest absolute Gasteiger partial charge is 0.265 e. The van der Waals surface area contributed by atoms with Crippen LogP contribution in [0.1, 0.15) is 0 Å². The highest BCUT2D eigenvalue weighted by Gasteiger charge is 2.63. The molecule has 0 fully saturated rings. The molecule has 0 spiro atoms. The first-order chi connectivity index (χ1) is 40.7. The first-order valence-electron chi connectivity index (χ1n) is 28.6. The van der Waals surface area contributed by atoms with Crippen LogP contribution in [0.25, 0.3) is 27.7 Å². The van der Waals surface area contributed by atoms with Gasteiger partial charge < -0.3 is 0 Å². The lowest BCUT2D eigenvalue weighted by molar-refractivity contribution is 1.08. The van der Waals surface area contributed by atoms with Gasteiger partial charge in [-0.15, -0.1) is 0 Å². The Labute approximate surface area is 596 Å². The normalized spacial score (nSPS) is 10.1. The van der Waals surface area contributed by atoms with E-state index in [4.69, 9.17) is 263 Å². The predicted octanol–water partition coefficient (Wildman–Crippen LogP) is -20.9. The van der Waals surface area contributed by atoms with Crippen molar-refractivity contribution in [2.75, 3.05) is 0 Å². The zero-order chi connectivity index (χ0) is 67.6. The van der Waals surface area contributed by atoms with Gasteiger partial charge >= 0.3 is 0 Å². The Bertz CT molecular complexity index is 2570. The molecular weight excluding hydrogens is 1050 g/mol. The van der Waals surface area contributed by atoms with Crippen LogP contribution in [0, 0.1) is 0 Å². The summed E-state index contributed by atoms with van der Waals surface area (Å²) in [5, 5.41) is 0.633. The summed E-state index contributed by atoms with van der Waals surface area (Å²) in [5.74, 6) is 0. The maximum atomic E-state index is 12.5. The minimum absolute atomic E-state index is 0.0423. The highest BCUT2D eigenvalue weighted by atomic mass is 79.9. The van der Waals surface area contributed by atoms with Crippen molar-refractivity contribution >= 4 is 500 Å². The molecule has 0 aliphatic rings. The Morgan fingerprint density at radius 3 is 0.818 bits per heavy atom. The van der Waals surface area contributed by atoms with E-state index in [1.54, 1.807) is 16.7 Å². The Morgan fingerprint density at radius 1 is 0.295 bits per heavy atom. The van der Waals surface area contributed by atoms with Crippen molar-refractivity contribution in [2.24, 2.45) is 0 Å². The standard InChI is InChI=1S/C18H11BrN2O.B66/c19-15-7-3-1-5-13(15)12-9-10-21-17(11-12)20-16-8-4-2-6-14(16)18(21)22;1-35(2)52(36(3)4)60(51(33)34)64(59(49(29)30)50(31)32)66(63(57(45(21)22)46(23)24)58(47(25)26)48(27)28)65(61(53(37(5)6)38(7)8)54(39(9)10)40(11)12)62(55(41(13)14)42(15)16)56(43(17)18)44(19)20/h1-11H;. The van der Waals surface area contributed by atoms with Gasteiger partial charge in [0, 0.05) is 478 Å². The summed E-state index contributed by atoms with van der Waals surface area (Å²) >= 11 is 3.56. The Hall–Kier alpha value is 1.83. The molecule has 0 saturated carbocycles. The van der Waals surface area contributed by atoms with Crippen molar-refractivity contribution < 1.29 is 0 Å². The SMILES string of the molecule is O=c1c2ccccc2nc2cc(-c3ccccc3Br)ccn12.[B]B([B])B(B([B])[B])B(B([B])[B])B(B(B([B])[B])B([B])[B])B(B(B(B([B])[B])B([B])[B])B(B([B])[B])B([B])[B])B(B(B(B([B])[B])B([B])[B])B(B([B])[B])B([B])[B])B(B(B([B])[B])B([B])[B])B(B([B])[B])B([B])[B]. The summed E-state index contributed by atoms with van der Waals surface area (Å²) in [4.78, 5) is 17.1. The zero-order valence-corrected chi connectivity index (χ0v) is 51.2. The quantitative estimate of drug-likeness (QED) is 0.0361. The second-order valence-corrected chi connectivity index (χ2v) is 24.4. The van der Waals surface area contributed by atoms with Crippen LogP contribution in [0.5, 0.6) is 0 Å². The van der Waals surface area contributed by atoms with Gasteiger partial charge in [0.2, 0.25) is 0 Å². The Kier molecular flexibility index (Phi) is 36.5. The maximum absolute atomic E-state index is 12.5. The third-order valence-corrected chi connectivity index (χ3v) is 18.2. The minimum Gasteiger partial charge on any atom is -0.268 e. The molecule has 0 saturated heterocycles. The lowest BCUT2D eigenvalue weighted by atomic mass is 8.22. The topological polar surface area (TPSA) is 34.4 Å². The van der Waals surface area contributed by atoms with Gasteiger partial charge in [0.25, 0.3) is 5.56 Å². The number of hydrogen-bond acceptors (Lipinski definition) is 2. The molecule has 88 heavy (non-hydrogen) atoms. The number of pyridine rings is 1. The Morgan fingerprint density at radius 2 is 0.534 bits per heavy atom. The third-order valence-electron chi connectivity index (χ3n) is 17.5. The fourth-order valence-corrected chi connectivity index (χ4v) is 14.7. The first kappa shape index (κ1) is 84.1. The molecule has 68 radical (unpaired) electrons. The van der Waals surface area contributed by atoms with E-state index in [-0.39, 0.29) is 5.56 Å². The van der Waals surface area contributed by atoms with Gasteiger partial charge in [-0.3, -0.25) is 9.20 Å². The van der Waals surface area contributed by atoms with Crippen molar-refractivity contribution in [2.45, 2.75) is 0 Å². The van der Waals surface area contributed by atoms with Crippen LogP contribution in [0.15, 0.2) is 76.1 Å². The second-order valence-electron chi connectivity index (χ2n) is 23.5. The number of benzene rings is 2. The van der Waals surface area contributed by atoms with Gasteiger partial charge in [-0.1, -0.05) is 46.3 Å². The van der Waals surface area contributed by atoms with Gasteiger partial charge in [-0.2, -0.15) is 0 Å². The fourth-order valence-electron chi connectivity index (χ4n) is 14.2. The molecule has 0 atom stereocenters. The monoisotopic (exact) mass is 1080 g/mol. The van der Waals surface area contributed by atoms with Crippen molar-refractivity contribution in [1.82, 2.24) is 9.38 Å². The first-order valence-corrected chi connectivity index (χ1v) is 29.4. The number of halogens is 1. The van der Waals surface area contributed by atoms with E-state index in [9.17, 15) is 4.79 Å². The number of hydrogen-bond donors (Lipinski definition) is 0. The van der Waals surface area contributed by atoms with E-state index in [0.717, 1.165) is 21.1 Å². The average molecular weight is 1060 g/mol. The molecule has 304 valence electrons. The third kappa shape index (κ3) is 21.2. The molecule has 70 heteroatoms. The van der Waals surface area contributed by atoms with Crippen LogP contribution in [0.2, 0.25) is 0 Å². The van der Waals surface area contributed by atoms with Crippen molar-refractivity contribution in [3.05, 3.63) is 81.7 Å². The molecule has 0 aliphatic heterocycles. The van der Waals surface area contributed by atoms with E-state index in [1.165, 1.54) is 0 Å². The summed E-state index contributed by atoms with van der Waals surface area (Å²) in [7, 11) is 227. The van der Waals surface area contributed by atoms with Crippen LogP contribution >= 0.6 is 15.9 Å². The van der Waals surface area contributed by atoms with Crippen LogP contribution < -0.4 is 5.56 Å². The molecule has 0 bridgehead atoms. The second kappa shape index (κ2) is 38.3. The molecule has 0 unspecified atom stereocenters. The largest absolute Gasteiger partial charge is 0.268 e. The average Bonchev–Trinajstić information content (AvgIpc) is 3.37. The van der Waals surface area contributed by atoms with Gasteiger partial charge in [0.1, 0.15) is 5.65 Å². The summed E-state index contributed by atoms with van der Waals surface area (Å²) in [6.07, 6.45) is -46.5. The van der Waals surface area contributed by atoms with E-state index in [0.29, 0.717) is 11.0 Å². The Balaban J connectivity index is 0.000000750. The summed E-state index contributed by atoms with van der Waals surface area (Å²) in [5.41, 5.74) is 3.43. The number of nitrogens with zero attached hydrogens (tertiary/aromatic N) is 2. The molecular formula is C18H11B66BrN2O. The number of fused-ring (bicyclic) bond motifs is 2. The van der Waals surface area contributed by atoms with Gasteiger partial charge in [0.05, 0.1) is 10.9 Å². The van der Waals surface area contributed by atoms with Gasteiger partial charge in [-0.25, -0.2) is 4.98 Å². The molecule has 2 aromatic heterocycles. The van der Waals surface area contributed by atoms with Gasteiger partial charge in [-0.05, 0) is 41.5 Å². The molecule has 2 aromatic carbocycles. The van der Waals surface area contributed by atoms with E-state index < -0.39 is 204 Å². The zero-order valence-electron chi connectivity index (χ0n) is 49.6. The molecule has 3 nitrogen and oxygen atoms in total. The molecule has 2 heterocycles. The summed E-state index contributed by atoms with van der Waals surface area (Å²) in [6, 6.07) is 19.3.